The van der Waals surface area contributed by atoms with E-state index >= 15 is 0 Å². The van der Waals surface area contributed by atoms with Gasteiger partial charge in [-0.2, -0.15) is 0 Å². The first-order chi connectivity index (χ1) is 6.93. The van der Waals surface area contributed by atoms with Crippen LogP contribution in [0.2, 0.25) is 0 Å². The summed E-state index contributed by atoms with van der Waals surface area (Å²) in [7, 11) is 0. The average Bonchev–Trinajstić information content (AvgIpc) is 2.38. The van der Waals surface area contributed by atoms with Gasteiger partial charge < -0.3 is 5.73 Å². The normalized spacial score (nSPS) is 32.6. The molecule has 0 aromatic rings. The fraction of sp³-hybridized carbons (Fsp3) is 0.615. The van der Waals surface area contributed by atoms with E-state index < -0.39 is 0 Å². The molecule has 0 radical (unpaired) electrons. The number of amidine groups is 1. The van der Waals surface area contributed by atoms with E-state index in [-0.39, 0.29) is 11.5 Å². The molecule has 0 saturated heterocycles. The molecule has 2 atom stereocenters. The van der Waals surface area contributed by atoms with Gasteiger partial charge in [-0.15, -0.1) is 0 Å². The molecule has 0 aromatic carbocycles. The molecular formula is C13H20N2. The molecule has 2 nitrogen and oxygen atoms in total. The SMILES string of the molecule is CC(C)C1=CC2N=C(N)C(C)(C)C2C=C1. The lowest BCUT2D eigenvalue weighted by molar-refractivity contribution is 0.377. The largest absolute Gasteiger partial charge is 0.387 e. The first-order valence-electron chi connectivity index (χ1n) is 5.66. The molecule has 2 unspecified atom stereocenters. The van der Waals surface area contributed by atoms with Gasteiger partial charge in [0, 0.05) is 11.3 Å². The van der Waals surface area contributed by atoms with Crippen molar-refractivity contribution in [1.82, 2.24) is 0 Å². The summed E-state index contributed by atoms with van der Waals surface area (Å²) in [6, 6.07) is 0.266. The lowest BCUT2D eigenvalue weighted by Gasteiger charge is -2.29. The molecule has 82 valence electrons. The monoisotopic (exact) mass is 204 g/mol. The highest BCUT2D eigenvalue weighted by Gasteiger charge is 2.42. The van der Waals surface area contributed by atoms with Gasteiger partial charge in [-0.05, 0) is 11.5 Å². The third kappa shape index (κ3) is 1.52. The number of aliphatic imine (C=N–C) groups is 1. The van der Waals surface area contributed by atoms with Crippen LogP contribution >= 0.6 is 0 Å². The fourth-order valence-corrected chi connectivity index (χ4v) is 2.35. The first-order valence-corrected chi connectivity index (χ1v) is 5.66. The number of hydrogen-bond acceptors (Lipinski definition) is 2. The molecule has 0 spiro atoms. The van der Waals surface area contributed by atoms with Crippen molar-refractivity contribution in [3.8, 4) is 0 Å². The molecule has 0 saturated carbocycles. The number of hydrogen-bond donors (Lipinski definition) is 1. The van der Waals surface area contributed by atoms with Gasteiger partial charge in [0.25, 0.3) is 0 Å². The maximum Gasteiger partial charge on any atom is 0.101 e. The van der Waals surface area contributed by atoms with E-state index in [2.05, 4.69) is 50.9 Å². The minimum Gasteiger partial charge on any atom is -0.387 e. The molecule has 1 heterocycles. The van der Waals surface area contributed by atoms with Gasteiger partial charge in [0.2, 0.25) is 0 Å². The maximum absolute atomic E-state index is 5.98. The highest BCUT2D eigenvalue weighted by atomic mass is 15.0. The Kier molecular flexibility index (Phi) is 2.25. The van der Waals surface area contributed by atoms with Crippen LogP contribution in [-0.4, -0.2) is 11.9 Å². The van der Waals surface area contributed by atoms with Crippen molar-refractivity contribution in [2.75, 3.05) is 0 Å². The van der Waals surface area contributed by atoms with Crippen LogP contribution < -0.4 is 5.73 Å². The van der Waals surface area contributed by atoms with Crippen molar-refractivity contribution >= 4 is 5.84 Å². The summed E-state index contributed by atoms with van der Waals surface area (Å²) in [5.74, 6) is 1.81. The highest BCUT2D eigenvalue weighted by Crippen LogP contribution is 2.41. The smallest absolute Gasteiger partial charge is 0.101 e. The second kappa shape index (κ2) is 3.22. The van der Waals surface area contributed by atoms with Gasteiger partial charge in [0.15, 0.2) is 0 Å². The third-order valence-electron chi connectivity index (χ3n) is 3.68. The van der Waals surface area contributed by atoms with Crippen LogP contribution in [0.3, 0.4) is 0 Å². The lowest BCUT2D eigenvalue weighted by atomic mass is 9.74. The second-order valence-electron chi connectivity index (χ2n) is 5.43. The number of nitrogens with two attached hydrogens (primary N) is 1. The summed E-state index contributed by atoms with van der Waals surface area (Å²) in [5, 5.41) is 0. The van der Waals surface area contributed by atoms with Crippen molar-refractivity contribution in [3.63, 3.8) is 0 Å². The van der Waals surface area contributed by atoms with Crippen molar-refractivity contribution < 1.29 is 0 Å². The van der Waals surface area contributed by atoms with Gasteiger partial charge in [0.05, 0.1) is 6.04 Å². The summed E-state index contributed by atoms with van der Waals surface area (Å²) in [4.78, 5) is 4.56. The standard InChI is InChI=1S/C13H20N2/c1-8(2)9-5-6-10-11(7-9)15-12(14)13(10,3)4/h5-8,10-11H,1-4H3,(H2,14,15). The van der Waals surface area contributed by atoms with E-state index in [4.69, 9.17) is 5.73 Å². The van der Waals surface area contributed by atoms with Crippen LogP contribution in [0.1, 0.15) is 27.7 Å². The number of rotatable bonds is 1. The molecule has 1 aliphatic carbocycles. The van der Waals surface area contributed by atoms with Crippen LogP contribution in [0, 0.1) is 17.3 Å². The van der Waals surface area contributed by atoms with Crippen molar-refractivity contribution in [3.05, 3.63) is 23.8 Å². The summed E-state index contributed by atoms with van der Waals surface area (Å²) in [6.45, 7) is 8.78. The Bertz CT molecular complexity index is 359. The zero-order valence-corrected chi connectivity index (χ0v) is 9.99. The second-order valence-corrected chi connectivity index (χ2v) is 5.43. The van der Waals surface area contributed by atoms with Gasteiger partial charge >= 0.3 is 0 Å². The van der Waals surface area contributed by atoms with Crippen LogP contribution in [-0.2, 0) is 0 Å². The summed E-state index contributed by atoms with van der Waals surface area (Å²) >= 11 is 0. The number of nitrogens with zero attached hydrogens (tertiary/aromatic N) is 1. The van der Waals surface area contributed by atoms with Crippen LogP contribution in [0.25, 0.3) is 0 Å². The van der Waals surface area contributed by atoms with Crippen molar-refractivity contribution in [2.45, 2.75) is 33.7 Å². The molecule has 0 amide bonds. The van der Waals surface area contributed by atoms with Crippen LogP contribution in [0.4, 0.5) is 0 Å². The quantitative estimate of drug-likeness (QED) is 0.700. The van der Waals surface area contributed by atoms with E-state index in [1.54, 1.807) is 0 Å². The molecular weight excluding hydrogens is 184 g/mol. The number of allylic oxidation sites excluding steroid dienone is 2. The third-order valence-corrected chi connectivity index (χ3v) is 3.68. The Hall–Kier alpha value is -1.05. The van der Waals surface area contributed by atoms with E-state index in [1.807, 2.05) is 0 Å². The Morgan fingerprint density at radius 2 is 2.07 bits per heavy atom. The van der Waals surface area contributed by atoms with Crippen LogP contribution in [0.5, 0.6) is 0 Å². The molecule has 15 heavy (non-hydrogen) atoms. The van der Waals surface area contributed by atoms with E-state index in [9.17, 15) is 0 Å². The maximum atomic E-state index is 5.98. The summed E-state index contributed by atoms with van der Waals surface area (Å²) in [6.07, 6.45) is 6.79. The van der Waals surface area contributed by atoms with Gasteiger partial charge in [0.1, 0.15) is 5.84 Å². The Labute approximate surface area is 92.0 Å². The molecule has 0 bridgehead atoms. The fourth-order valence-electron chi connectivity index (χ4n) is 2.35. The zero-order valence-electron chi connectivity index (χ0n) is 9.99. The molecule has 0 fully saturated rings. The summed E-state index contributed by atoms with van der Waals surface area (Å²) in [5.41, 5.74) is 7.37. The topological polar surface area (TPSA) is 38.4 Å². The van der Waals surface area contributed by atoms with E-state index in [0.29, 0.717) is 11.8 Å². The van der Waals surface area contributed by atoms with Gasteiger partial charge in [-0.25, -0.2) is 0 Å². The van der Waals surface area contributed by atoms with Crippen molar-refractivity contribution in [1.29, 1.82) is 0 Å². The Morgan fingerprint density at radius 3 is 2.67 bits per heavy atom. The minimum absolute atomic E-state index is 0.0141. The first kappa shape index (κ1) is 10.5. The predicted octanol–water partition coefficient (Wildman–Crippen LogP) is 2.52. The summed E-state index contributed by atoms with van der Waals surface area (Å²) < 4.78 is 0. The number of fused-ring (bicyclic) bond motifs is 1. The molecule has 2 aliphatic rings. The molecule has 2 rings (SSSR count). The predicted molar refractivity (Wildman–Crippen MR) is 64.7 cm³/mol. The average molecular weight is 204 g/mol. The zero-order chi connectivity index (χ0) is 11.2. The highest BCUT2D eigenvalue weighted by molar-refractivity contribution is 5.89. The van der Waals surface area contributed by atoms with E-state index in [0.717, 1.165) is 5.84 Å². The van der Waals surface area contributed by atoms with Crippen molar-refractivity contribution in [2.24, 2.45) is 28.0 Å². The van der Waals surface area contributed by atoms with E-state index in [1.165, 1.54) is 5.57 Å². The van der Waals surface area contributed by atoms with Gasteiger partial charge in [-0.3, -0.25) is 4.99 Å². The Morgan fingerprint density at radius 1 is 1.40 bits per heavy atom. The molecule has 2 N–H and O–H groups in total. The molecule has 0 aromatic heterocycles. The van der Waals surface area contributed by atoms with Crippen LogP contribution in [0.15, 0.2) is 28.8 Å². The molecule has 1 aliphatic heterocycles. The minimum atomic E-state index is 0.0141. The lowest BCUT2D eigenvalue weighted by Crippen LogP contribution is -2.35. The molecule has 2 heteroatoms. The van der Waals surface area contributed by atoms with Gasteiger partial charge in [-0.1, -0.05) is 45.9 Å². The Balaban J connectivity index is 2.32.